The number of carbonyl (C=O) groups excluding carboxylic acids is 1. The summed E-state index contributed by atoms with van der Waals surface area (Å²) in [5.41, 5.74) is 4.54. The molecule has 0 aliphatic carbocycles. The Bertz CT molecular complexity index is 480. The van der Waals surface area contributed by atoms with Crippen molar-refractivity contribution in [1.29, 1.82) is 0 Å². The summed E-state index contributed by atoms with van der Waals surface area (Å²) in [5, 5.41) is 13.0. The molecule has 0 saturated heterocycles. The molecule has 0 radical (unpaired) electrons. The maximum absolute atomic E-state index is 13.5. The molecule has 0 fully saturated rings. The number of amides is 1. The number of benzene rings is 1. The standard InChI is InChI=1S/C13H18FN3O3/c14-10-6-5-7-11(17(19)20)13(10)16-12(18)8-3-1-2-4-9-15/h5-7H,1-4,8-9,15H2,(H,16,18). The lowest BCUT2D eigenvalue weighted by molar-refractivity contribution is -0.384. The zero-order valence-corrected chi connectivity index (χ0v) is 11.1. The molecule has 0 unspecified atom stereocenters. The van der Waals surface area contributed by atoms with Gasteiger partial charge in [0.15, 0.2) is 11.5 Å². The third-order valence-electron chi connectivity index (χ3n) is 2.81. The van der Waals surface area contributed by atoms with Gasteiger partial charge < -0.3 is 11.1 Å². The predicted molar refractivity (Wildman–Crippen MR) is 73.8 cm³/mol. The molecule has 110 valence electrons. The highest BCUT2D eigenvalue weighted by atomic mass is 19.1. The molecule has 6 nitrogen and oxygen atoms in total. The second-order valence-electron chi connectivity index (χ2n) is 4.39. The number of rotatable bonds is 8. The summed E-state index contributed by atoms with van der Waals surface area (Å²) >= 11 is 0. The Hall–Kier alpha value is -2.02. The lowest BCUT2D eigenvalue weighted by atomic mass is 10.1. The van der Waals surface area contributed by atoms with Crippen LogP contribution in [0.25, 0.3) is 0 Å². The molecule has 0 spiro atoms. The molecule has 7 heteroatoms. The number of nitro benzene ring substituents is 1. The van der Waals surface area contributed by atoms with Gasteiger partial charge in [0.1, 0.15) is 0 Å². The first-order chi connectivity index (χ1) is 9.56. The highest BCUT2D eigenvalue weighted by molar-refractivity contribution is 5.93. The van der Waals surface area contributed by atoms with Gasteiger partial charge in [-0.2, -0.15) is 0 Å². The van der Waals surface area contributed by atoms with E-state index in [4.69, 9.17) is 5.73 Å². The Balaban J connectivity index is 2.55. The number of anilines is 1. The van der Waals surface area contributed by atoms with E-state index in [0.717, 1.165) is 31.4 Å². The molecular weight excluding hydrogens is 265 g/mol. The number of nitrogens with one attached hydrogen (secondary N) is 1. The van der Waals surface area contributed by atoms with Crippen LogP contribution in [0.3, 0.4) is 0 Å². The smallest absolute Gasteiger partial charge is 0.295 e. The van der Waals surface area contributed by atoms with Gasteiger partial charge in [-0.1, -0.05) is 18.9 Å². The second kappa shape index (κ2) is 8.21. The Labute approximate surface area is 116 Å². The van der Waals surface area contributed by atoms with E-state index in [1.165, 1.54) is 6.07 Å². The number of para-hydroxylation sites is 1. The summed E-state index contributed by atoms with van der Waals surface area (Å²) in [5.74, 6) is -1.23. The summed E-state index contributed by atoms with van der Waals surface area (Å²) in [7, 11) is 0. The van der Waals surface area contributed by atoms with Crippen LogP contribution in [0, 0.1) is 15.9 Å². The van der Waals surface area contributed by atoms with Crippen molar-refractivity contribution in [2.75, 3.05) is 11.9 Å². The fourth-order valence-corrected chi connectivity index (χ4v) is 1.77. The van der Waals surface area contributed by atoms with Crippen LogP contribution in [0.1, 0.15) is 32.1 Å². The topological polar surface area (TPSA) is 98.3 Å². The molecule has 1 aromatic carbocycles. The van der Waals surface area contributed by atoms with Gasteiger partial charge in [-0.05, 0) is 25.5 Å². The summed E-state index contributed by atoms with van der Waals surface area (Å²) in [4.78, 5) is 21.7. The highest BCUT2D eigenvalue weighted by Crippen LogP contribution is 2.27. The molecule has 0 heterocycles. The van der Waals surface area contributed by atoms with E-state index in [1.807, 2.05) is 0 Å². The number of carbonyl (C=O) groups is 1. The van der Waals surface area contributed by atoms with Crippen molar-refractivity contribution in [1.82, 2.24) is 0 Å². The molecule has 20 heavy (non-hydrogen) atoms. The average molecular weight is 283 g/mol. The molecule has 0 aromatic heterocycles. The van der Waals surface area contributed by atoms with E-state index in [2.05, 4.69) is 5.32 Å². The third kappa shape index (κ3) is 4.93. The first kappa shape index (κ1) is 16.0. The number of unbranched alkanes of at least 4 members (excludes halogenated alkanes) is 3. The Kier molecular flexibility index (Phi) is 6.58. The quantitative estimate of drug-likeness (QED) is 0.435. The Morgan fingerprint density at radius 1 is 1.30 bits per heavy atom. The van der Waals surface area contributed by atoms with Crippen LogP contribution < -0.4 is 11.1 Å². The Morgan fingerprint density at radius 2 is 2.00 bits per heavy atom. The van der Waals surface area contributed by atoms with E-state index < -0.39 is 22.3 Å². The Morgan fingerprint density at radius 3 is 2.65 bits per heavy atom. The van der Waals surface area contributed by atoms with E-state index in [-0.39, 0.29) is 12.1 Å². The fourth-order valence-electron chi connectivity index (χ4n) is 1.77. The van der Waals surface area contributed by atoms with Crippen LogP contribution in [0.2, 0.25) is 0 Å². The van der Waals surface area contributed by atoms with Crippen molar-refractivity contribution in [3.63, 3.8) is 0 Å². The van der Waals surface area contributed by atoms with Crippen LogP contribution >= 0.6 is 0 Å². The highest BCUT2D eigenvalue weighted by Gasteiger charge is 2.19. The lowest BCUT2D eigenvalue weighted by Gasteiger charge is -2.07. The zero-order chi connectivity index (χ0) is 15.0. The molecule has 0 aliphatic rings. The van der Waals surface area contributed by atoms with Crippen molar-refractivity contribution < 1.29 is 14.1 Å². The summed E-state index contributed by atoms with van der Waals surface area (Å²) in [6.45, 7) is 0.619. The molecule has 1 rings (SSSR count). The molecule has 0 saturated carbocycles. The summed E-state index contributed by atoms with van der Waals surface area (Å²) in [6, 6.07) is 3.46. The van der Waals surface area contributed by atoms with Gasteiger partial charge in [0.25, 0.3) is 5.69 Å². The number of hydrogen-bond acceptors (Lipinski definition) is 4. The minimum absolute atomic E-state index is 0.204. The maximum atomic E-state index is 13.5. The van der Waals surface area contributed by atoms with Gasteiger partial charge in [0.2, 0.25) is 5.91 Å². The van der Waals surface area contributed by atoms with Gasteiger partial charge in [-0.25, -0.2) is 4.39 Å². The van der Waals surface area contributed by atoms with Crippen LogP contribution in [-0.2, 0) is 4.79 Å². The van der Waals surface area contributed by atoms with Crippen molar-refractivity contribution in [3.05, 3.63) is 34.1 Å². The number of hydrogen-bond donors (Lipinski definition) is 2. The molecule has 1 amide bonds. The number of nitrogens with two attached hydrogens (primary N) is 1. The molecule has 0 atom stereocenters. The first-order valence-electron chi connectivity index (χ1n) is 6.49. The van der Waals surface area contributed by atoms with Gasteiger partial charge in [0.05, 0.1) is 4.92 Å². The SMILES string of the molecule is NCCCCCCC(=O)Nc1c(F)cccc1[N+](=O)[O-]. The predicted octanol–water partition coefficient (Wildman–Crippen LogP) is 2.58. The molecule has 1 aromatic rings. The minimum atomic E-state index is -0.810. The minimum Gasteiger partial charge on any atom is -0.330 e. The number of nitrogens with zero attached hydrogens (tertiary/aromatic N) is 1. The summed E-state index contributed by atoms with van der Waals surface area (Å²) < 4.78 is 13.5. The van der Waals surface area contributed by atoms with Crippen molar-refractivity contribution in [2.45, 2.75) is 32.1 Å². The molecule has 0 bridgehead atoms. The fraction of sp³-hybridized carbons (Fsp3) is 0.462. The van der Waals surface area contributed by atoms with Gasteiger partial charge >= 0.3 is 0 Å². The van der Waals surface area contributed by atoms with Gasteiger partial charge in [-0.15, -0.1) is 0 Å². The van der Waals surface area contributed by atoms with E-state index >= 15 is 0 Å². The first-order valence-corrected chi connectivity index (χ1v) is 6.49. The van der Waals surface area contributed by atoms with Gasteiger partial charge in [0, 0.05) is 12.5 Å². The van der Waals surface area contributed by atoms with Crippen LogP contribution in [0.4, 0.5) is 15.8 Å². The number of halogens is 1. The van der Waals surface area contributed by atoms with E-state index in [9.17, 15) is 19.3 Å². The molecule has 3 N–H and O–H groups in total. The van der Waals surface area contributed by atoms with Crippen molar-refractivity contribution in [2.24, 2.45) is 5.73 Å². The maximum Gasteiger partial charge on any atom is 0.295 e. The van der Waals surface area contributed by atoms with Crippen molar-refractivity contribution in [3.8, 4) is 0 Å². The normalized spacial score (nSPS) is 10.3. The van der Waals surface area contributed by atoms with E-state index in [1.54, 1.807) is 0 Å². The summed E-state index contributed by atoms with van der Waals surface area (Å²) in [6.07, 6.45) is 3.54. The van der Waals surface area contributed by atoms with Crippen LogP contribution in [0.15, 0.2) is 18.2 Å². The van der Waals surface area contributed by atoms with Gasteiger partial charge in [-0.3, -0.25) is 14.9 Å². The van der Waals surface area contributed by atoms with Crippen molar-refractivity contribution >= 4 is 17.3 Å². The lowest BCUT2D eigenvalue weighted by Crippen LogP contribution is -2.13. The third-order valence-corrected chi connectivity index (χ3v) is 2.81. The monoisotopic (exact) mass is 283 g/mol. The molecular formula is C13H18FN3O3. The molecule has 0 aliphatic heterocycles. The second-order valence-corrected chi connectivity index (χ2v) is 4.39. The largest absolute Gasteiger partial charge is 0.330 e. The average Bonchev–Trinajstić information content (AvgIpc) is 2.40. The van der Waals surface area contributed by atoms with Crippen LogP contribution in [-0.4, -0.2) is 17.4 Å². The number of nitro groups is 1. The zero-order valence-electron chi connectivity index (χ0n) is 11.1. The van der Waals surface area contributed by atoms with Crippen LogP contribution in [0.5, 0.6) is 0 Å². The van der Waals surface area contributed by atoms with E-state index in [0.29, 0.717) is 13.0 Å².